The van der Waals surface area contributed by atoms with Gasteiger partial charge in [-0.15, -0.1) is 0 Å². The third-order valence-electron chi connectivity index (χ3n) is 4.04. The van der Waals surface area contributed by atoms with Gasteiger partial charge in [-0.2, -0.15) is 12.7 Å². The van der Waals surface area contributed by atoms with Crippen LogP contribution in [0.25, 0.3) is 0 Å². The molecular formula is C16H24FN3O4S. The largest absolute Gasteiger partial charge is 0.373 e. The number of nitrogens with one attached hydrogen (secondary N) is 1. The number of benzene rings is 1. The van der Waals surface area contributed by atoms with Crippen molar-refractivity contribution in [3.8, 4) is 0 Å². The van der Waals surface area contributed by atoms with Crippen molar-refractivity contribution in [3.63, 3.8) is 0 Å². The fraction of sp³-hybridized carbons (Fsp3) is 0.562. The molecule has 1 aliphatic heterocycles. The highest BCUT2D eigenvalue weighted by Gasteiger charge is 2.34. The quantitative estimate of drug-likeness (QED) is 0.723. The molecule has 1 fully saturated rings. The Hall–Kier alpha value is -1.55. The van der Waals surface area contributed by atoms with Gasteiger partial charge in [0, 0.05) is 19.6 Å². The second kappa shape index (κ2) is 7.77. The van der Waals surface area contributed by atoms with E-state index >= 15 is 0 Å². The maximum atomic E-state index is 13.0. The van der Waals surface area contributed by atoms with Gasteiger partial charge < -0.3 is 10.5 Å². The van der Waals surface area contributed by atoms with Crippen molar-refractivity contribution in [2.45, 2.75) is 25.9 Å². The van der Waals surface area contributed by atoms with E-state index in [9.17, 15) is 17.6 Å². The predicted molar refractivity (Wildman–Crippen MR) is 91.3 cm³/mol. The summed E-state index contributed by atoms with van der Waals surface area (Å²) in [7, 11) is -3.75. The van der Waals surface area contributed by atoms with E-state index < -0.39 is 27.6 Å². The molecule has 2 rings (SSSR count). The van der Waals surface area contributed by atoms with Crippen LogP contribution in [0, 0.1) is 11.7 Å². The molecule has 0 saturated carbocycles. The lowest BCUT2D eigenvalue weighted by Crippen LogP contribution is -2.54. The van der Waals surface area contributed by atoms with Crippen LogP contribution in [0.15, 0.2) is 24.3 Å². The first-order valence-corrected chi connectivity index (χ1v) is 9.45. The molecular weight excluding hydrogens is 349 g/mol. The molecule has 9 heteroatoms. The summed E-state index contributed by atoms with van der Waals surface area (Å²) in [6.07, 6.45) is 0.229. The monoisotopic (exact) mass is 373 g/mol. The van der Waals surface area contributed by atoms with E-state index in [1.807, 2.05) is 13.8 Å². The molecule has 0 spiro atoms. The van der Waals surface area contributed by atoms with Gasteiger partial charge >= 0.3 is 0 Å². The van der Waals surface area contributed by atoms with Crippen LogP contribution in [0.5, 0.6) is 0 Å². The summed E-state index contributed by atoms with van der Waals surface area (Å²) in [5.41, 5.74) is 5.52. The van der Waals surface area contributed by atoms with Crippen LogP contribution in [-0.4, -0.2) is 50.5 Å². The number of nitrogens with zero attached hydrogens (tertiary/aromatic N) is 1. The summed E-state index contributed by atoms with van der Waals surface area (Å²) in [5.74, 6) is -1.72. The van der Waals surface area contributed by atoms with E-state index in [1.54, 1.807) is 12.1 Å². The summed E-state index contributed by atoms with van der Waals surface area (Å²) < 4.78 is 47.1. The number of carbonyl (C=O) groups is 1. The molecule has 1 aliphatic rings. The molecule has 1 unspecified atom stereocenters. The molecule has 7 nitrogen and oxygen atoms in total. The molecule has 1 aromatic carbocycles. The van der Waals surface area contributed by atoms with Gasteiger partial charge in [-0.25, -0.2) is 9.11 Å². The number of halogens is 1. The van der Waals surface area contributed by atoms with Gasteiger partial charge in [0.15, 0.2) is 0 Å². The molecule has 1 atom stereocenters. The molecule has 0 aliphatic carbocycles. The van der Waals surface area contributed by atoms with Crippen molar-refractivity contribution in [1.29, 1.82) is 0 Å². The molecule has 25 heavy (non-hydrogen) atoms. The van der Waals surface area contributed by atoms with E-state index in [0.29, 0.717) is 12.2 Å². The number of primary amides is 1. The highest BCUT2D eigenvalue weighted by atomic mass is 32.2. The first kappa shape index (κ1) is 19.8. The zero-order valence-corrected chi connectivity index (χ0v) is 15.2. The summed E-state index contributed by atoms with van der Waals surface area (Å²) in [6.45, 7) is 4.29. The number of amides is 1. The Bertz CT molecular complexity index is 707. The Morgan fingerprint density at radius 3 is 2.60 bits per heavy atom. The molecule has 3 N–H and O–H groups in total. The first-order chi connectivity index (χ1) is 11.6. The van der Waals surface area contributed by atoms with Crippen LogP contribution >= 0.6 is 0 Å². The van der Waals surface area contributed by atoms with Gasteiger partial charge in [-0.1, -0.05) is 12.1 Å². The Balaban J connectivity index is 2.00. The van der Waals surface area contributed by atoms with Gasteiger partial charge in [0.1, 0.15) is 5.82 Å². The molecule has 0 radical (unpaired) electrons. The topological polar surface area (TPSA) is 102 Å². The maximum absolute atomic E-state index is 13.0. The number of hydrogen-bond donors (Lipinski definition) is 2. The Kier molecular flexibility index (Phi) is 6.15. The highest BCUT2D eigenvalue weighted by molar-refractivity contribution is 7.87. The summed E-state index contributed by atoms with van der Waals surface area (Å²) in [4.78, 5) is 11.6. The molecule has 1 heterocycles. The zero-order chi connectivity index (χ0) is 18.7. The molecule has 1 aromatic rings. The highest BCUT2D eigenvalue weighted by Crippen LogP contribution is 2.18. The maximum Gasteiger partial charge on any atom is 0.279 e. The van der Waals surface area contributed by atoms with E-state index in [0.717, 1.165) is 0 Å². The van der Waals surface area contributed by atoms with Gasteiger partial charge in [0.05, 0.1) is 18.1 Å². The van der Waals surface area contributed by atoms with Gasteiger partial charge in [-0.05, 0) is 38.0 Å². The third-order valence-corrected chi connectivity index (χ3v) is 5.56. The van der Waals surface area contributed by atoms with Crippen molar-refractivity contribution in [1.82, 2.24) is 9.03 Å². The molecule has 0 aromatic heterocycles. The number of morpholine rings is 1. The van der Waals surface area contributed by atoms with Crippen molar-refractivity contribution in [2.75, 3.05) is 26.2 Å². The second-order valence-electron chi connectivity index (χ2n) is 6.73. The number of carbonyl (C=O) groups excluding carboxylic acids is 1. The van der Waals surface area contributed by atoms with E-state index in [4.69, 9.17) is 10.5 Å². The van der Waals surface area contributed by atoms with Gasteiger partial charge in [0.2, 0.25) is 5.91 Å². The summed E-state index contributed by atoms with van der Waals surface area (Å²) >= 11 is 0. The molecule has 1 saturated heterocycles. The Morgan fingerprint density at radius 2 is 2.04 bits per heavy atom. The molecule has 1 amide bonds. The van der Waals surface area contributed by atoms with Crippen molar-refractivity contribution in [2.24, 2.45) is 11.7 Å². The van der Waals surface area contributed by atoms with Crippen LogP contribution in [0.4, 0.5) is 4.39 Å². The van der Waals surface area contributed by atoms with Crippen molar-refractivity contribution in [3.05, 3.63) is 35.6 Å². The lowest BCUT2D eigenvalue weighted by Gasteiger charge is -2.37. The van der Waals surface area contributed by atoms with E-state index in [1.165, 1.54) is 16.4 Å². The van der Waals surface area contributed by atoms with Crippen LogP contribution < -0.4 is 10.5 Å². The summed E-state index contributed by atoms with van der Waals surface area (Å²) in [5, 5.41) is 0. The van der Waals surface area contributed by atoms with Crippen LogP contribution in [0.1, 0.15) is 19.4 Å². The Labute approximate surface area is 147 Å². The average molecular weight is 373 g/mol. The standard InChI is InChI=1S/C16H24FN3O4S/c1-16(2)11-20(7-8-24-16)25(22,23)19-10-13(15(18)21)9-12-3-5-14(17)6-4-12/h3-6,13,19H,7-11H2,1-2H3,(H2,18,21). The van der Waals surface area contributed by atoms with Crippen LogP contribution in [-0.2, 0) is 26.2 Å². The minimum absolute atomic E-state index is 0.118. The first-order valence-electron chi connectivity index (χ1n) is 8.01. The minimum atomic E-state index is -3.75. The number of hydrogen-bond acceptors (Lipinski definition) is 4. The average Bonchev–Trinajstić information content (AvgIpc) is 2.52. The third kappa shape index (κ3) is 5.74. The molecule has 140 valence electrons. The fourth-order valence-electron chi connectivity index (χ4n) is 2.65. The van der Waals surface area contributed by atoms with Gasteiger partial charge in [0.25, 0.3) is 10.2 Å². The van der Waals surface area contributed by atoms with Crippen LogP contribution in [0.2, 0.25) is 0 Å². The number of rotatable bonds is 7. The van der Waals surface area contributed by atoms with Crippen molar-refractivity contribution < 1.29 is 22.3 Å². The SMILES string of the molecule is CC1(C)CN(S(=O)(=O)NCC(Cc2ccc(F)cc2)C(N)=O)CCO1. The Morgan fingerprint density at radius 1 is 1.40 bits per heavy atom. The minimum Gasteiger partial charge on any atom is -0.373 e. The van der Waals surface area contributed by atoms with Crippen LogP contribution in [0.3, 0.4) is 0 Å². The summed E-state index contributed by atoms with van der Waals surface area (Å²) in [6, 6.07) is 5.66. The van der Waals surface area contributed by atoms with Crippen molar-refractivity contribution >= 4 is 16.1 Å². The predicted octanol–water partition coefficient (Wildman–Crippen LogP) is 0.415. The molecule has 0 bridgehead atoms. The number of nitrogens with two attached hydrogens (primary N) is 1. The van der Waals surface area contributed by atoms with E-state index in [-0.39, 0.29) is 31.9 Å². The lowest BCUT2D eigenvalue weighted by molar-refractivity contribution is -0.121. The second-order valence-corrected chi connectivity index (χ2v) is 8.48. The normalized spacial score (nSPS) is 19.5. The zero-order valence-electron chi connectivity index (χ0n) is 14.4. The smallest absolute Gasteiger partial charge is 0.279 e. The number of ether oxygens (including phenoxy) is 1. The lowest BCUT2D eigenvalue weighted by atomic mass is 9.99. The van der Waals surface area contributed by atoms with E-state index in [2.05, 4.69) is 4.72 Å². The fourth-order valence-corrected chi connectivity index (χ4v) is 4.04. The van der Waals surface area contributed by atoms with Gasteiger partial charge in [-0.3, -0.25) is 4.79 Å².